The van der Waals surface area contributed by atoms with E-state index in [0.29, 0.717) is 57.9 Å². The number of furan rings is 1. The Hall–Kier alpha value is -2.53. The van der Waals surface area contributed by atoms with Gasteiger partial charge in [0.15, 0.2) is 5.76 Å². The number of amides is 2. The average Bonchev–Trinajstić information content (AvgIpc) is 3.21. The molecule has 1 aromatic rings. The number of nitrogens with zero attached hydrogens (tertiary/aromatic N) is 4. The van der Waals surface area contributed by atoms with E-state index in [0.717, 1.165) is 0 Å². The Morgan fingerprint density at radius 2 is 1.75 bits per heavy atom. The molecule has 2 aliphatic heterocycles. The lowest BCUT2D eigenvalue weighted by Gasteiger charge is -2.47. The highest BCUT2D eigenvalue weighted by Crippen LogP contribution is 2.30. The summed E-state index contributed by atoms with van der Waals surface area (Å²) in [5, 5.41) is 9.91. The SMILES string of the molecule is CC(C)(C)OC(=O)N1CCC(C#N)(N2CCN(C(=O)c3ccco3)CC2)CC1. The summed E-state index contributed by atoms with van der Waals surface area (Å²) in [5.41, 5.74) is -1.13. The number of carbonyl (C=O) groups excluding carboxylic acids is 2. The molecule has 152 valence electrons. The van der Waals surface area contributed by atoms with Crippen molar-refractivity contribution in [3.63, 3.8) is 0 Å². The Balaban J connectivity index is 1.56. The van der Waals surface area contributed by atoms with E-state index in [4.69, 9.17) is 9.15 Å². The predicted molar refractivity (Wildman–Crippen MR) is 102 cm³/mol. The maximum absolute atomic E-state index is 12.4. The molecule has 0 saturated carbocycles. The van der Waals surface area contributed by atoms with Gasteiger partial charge in [0.1, 0.15) is 11.1 Å². The smallest absolute Gasteiger partial charge is 0.410 e. The van der Waals surface area contributed by atoms with Crippen LogP contribution in [0.2, 0.25) is 0 Å². The Kier molecular flexibility index (Phi) is 5.66. The van der Waals surface area contributed by atoms with Crippen LogP contribution in [0.15, 0.2) is 22.8 Å². The molecule has 0 aromatic carbocycles. The second-order valence-corrected chi connectivity index (χ2v) is 8.37. The third-order valence-corrected chi connectivity index (χ3v) is 5.35. The summed E-state index contributed by atoms with van der Waals surface area (Å²) >= 11 is 0. The maximum atomic E-state index is 12.4. The van der Waals surface area contributed by atoms with Crippen molar-refractivity contribution < 1.29 is 18.7 Å². The molecule has 2 saturated heterocycles. The van der Waals surface area contributed by atoms with Crippen molar-refractivity contribution in [2.75, 3.05) is 39.3 Å². The maximum Gasteiger partial charge on any atom is 0.410 e. The van der Waals surface area contributed by atoms with Gasteiger partial charge in [0.2, 0.25) is 0 Å². The molecule has 0 spiro atoms. The van der Waals surface area contributed by atoms with Gasteiger partial charge in [-0.05, 0) is 45.7 Å². The molecule has 2 fully saturated rings. The molecule has 3 heterocycles. The van der Waals surface area contributed by atoms with Gasteiger partial charge in [0.05, 0.1) is 12.3 Å². The van der Waals surface area contributed by atoms with Gasteiger partial charge in [-0.3, -0.25) is 9.69 Å². The standard InChI is InChI=1S/C20H28N4O4/c1-19(2,3)28-18(26)23-8-6-20(15-21,7-9-23)24-12-10-22(11-13-24)17(25)16-5-4-14-27-16/h4-5,14H,6-13H2,1-3H3. The van der Waals surface area contributed by atoms with Crippen LogP contribution in [-0.4, -0.2) is 77.1 Å². The van der Waals surface area contributed by atoms with Crippen molar-refractivity contribution in [3.05, 3.63) is 24.2 Å². The van der Waals surface area contributed by atoms with Crippen LogP contribution in [0, 0.1) is 11.3 Å². The molecule has 1 aromatic heterocycles. The molecule has 0 bridgehead atoms. The van der Waals surface area contributed by atoms with Gasteiger partial charge in [-0.15, -0.1) is 0 Å². The zero-order valence-corrected chi connectivity index (χ0v) is 16.8. The molecule has 28 heavy (non-hydrogen) atoms. The van der Waals surface area contributed by atoms with E-state index in [2.05, 4.69) is 11.0 Å². The van der Waals surface area contributed by atoms with E-state index in [1.165, 1.54) is 6.26 Å². The van der Waals surface area contributed by atoms with Gasteiger partial charge >= 0.3 is 6.09 Å². The molecule has 0 atom stereocenters. The minimum Gasteiger partial charge on any atom is -0.459 e. The molecule has 0 radical (unpaired) electrons. The molecule has 0 aliphatic carbocycles. The summed E-state index contributed by atoms with van der Waals surface area (Å²) in [6, 6.07) is 5.86. The molecule has 8 nitrogen and oxygen atoms in total. The van der Waals surface area contributed by atoms with Gasteiger partial charge in [-0.25, -0.2) is 4.79 Å². The zero-order valence-electron chi connectivity index (χ0n) is 16.8. The first-order chi connectivity index (χ1) is 13.2. The summed E-state index contributed by atoms with van der Waals surface area (Å²) < 4.78 is 10.6. The fourth-order valence-electron chi connectivity index (χ4n) is 3.78. The Morgan fingerprint density at radius 1 is 1.11 bits per heavy atom. The number of hydrogen-bond acceptors (Lipinski definition) is 6. The monoisotopic (exact) mass is 388 g/mol. The molecular formula is C20H28N4O4. The lowest BCUT2D eigenvalue weighted by atomic mass is 9.86. The Labute approximate surface area is 165 Å². The number of piperazine rings is 1. The normalized spacial score (nSPS) is 20.5. The minimum atomic E-state index is -0.599. The summed E-state index contributed by atoms with van der Waals surface area (Å²) in [4.78, 5) is 30.3. The number of nitriles is 1. The fourth-order valence-corrected chi connectivity index (χ4v) is 3.78. The molecule has 2 aliphatic rings. The van der Waals surface area contributed by atoms with E-state index in [1.54, 1.807) is 21.9 Å². The molecule has 0 N–H and O–H groups in total. The first-order valence-corrected chi connectivity index (χ1v) is 9.71. The molecule has 8 heteroatoms. The van der Waals surface area contributed by atoms with E-state index < -0.39 is 11.1 Å². The van der Waals surface area contributed by atoms with Gasteiger partial charge in [0.25, 0.3) is 5.91 Å². The zero-order chi connectivity index (χ0) is 20.4. The first-order valence-electron chi connectivity index (χ1n) is 9.71. The van der Waals surface area contributed by atoms with Crippen LogP contribution in [0.3, 0.4) is 0 Å². The number of hydrogen-bond donors (Lipinski definition) is 0. The van der Waals surface area contributed by atoms with Gasteiger partial charge in [-0.1, -0.05) is 0 Å². The van der Waals surface area contributed by atoms with Crippen molar-refractivity contribution in [2.45, 2.75) is 44.8 Å². The second-order valence-electron chi connectivity index (χ2n) is 8.37. The number of rotatable bonds is 2. The highest BCUT2D eigenvalue weighted by Gasteiger charge is 2.43. The summed E-state index contributed by atoms with van der Waals surface area (Å²) in [5.74, 6) is 0.226. The van der Waals surface area contributed by atoms with Crippen molar-refractivity contribution in [2.24, 2.45) is 0 Å². The topological polar surface area (TPSA) is 90.0 Å². The highest BCUT2D eigenvalue weighted by molar-refractivity contribution is 5.91. The fraction of sp³-hybridized carbons (Fsp3) is 0.650. The second kappa shape index (κ2) is 7.84. The quantitative estimate of drug-likeness (QED) is 0.772. The van der Waals surface area contributed by atoms with E-state index in [-0.39, 0.29) is 12.0 Å². The van der Waals surface area contributed by atoms with Crippen LogP contribution in [0.4, 0.5) is 4.79 Å². The molecule has 3 rings (SSSR count). The Morgan fingerprint density at radius 3 is 2.25 bits per heavy atom. The molecule has 2 amide bonds. The number of piperidine rings is 1. The van der Waals surface area contributed by atoms with Crippen LogP contribution in [-0.2, 0) is 4.74 Å². The lowest BCUT2D eigenvalue weighted by Crippen LogP contribution is -2.61. The lowest BCUT2D eigenvalue weighted by molar-refractivity contribution is -0.00331. The summed E-state index contributed by atoms with van der Waals surface area (Å²) in [6.45, 7) is 8.90. The third-order valence-electron chi connectivity index (χ3n) is 5.35. The van der Waals surface area contributed by atoms with Crippen LogP contribution in [0.1, 0.15) is 44.2 Å². The van der Waals surface area contributed by atoms with Crippen LogP contribution in [0.5, 0.6) is 0 Å². The number of carbonyl (C=O) groups is 2. The summed E-state index contributed by atoms with van der Waals surface area (Å²) in [7, 11) is 0. The predicted octanol–water partition coefficient (Wildman–Crippen LogP) is 2.33. The minimum absolute atomic E-state index is 0.115. The van der Waals surface area contributed by atoms with Crippen molar-refractivity contribution in [1.82, 2.24) is 14.7 Å². The average molecular weight is 388 g/mol. The summed E-state index contributed by atoms with van der Waals surface area (Å²) in [6.07, 6.45) is 2.32. The highest BCUT2D eigenvalue weighted by atomic mass is 16.6. The van der Waals surface area contributed by atoms with Crippen LogP contribution in [0.25, 0.3) is 0 Å². The van der Waals surface area contributed by atoms with Crippen LogP contribution < -0.4 is 0 Å². The van der Waals surface area contributed by atoms with Crippen molar-refractivity contribution in [1.29, 1.82) is 5.26 Å². The van der Waals surface area contributed by atoms with E-state index >= 15 is 0 Å². The van der Waals surface area contributed by atoms with Crippen molar-refractivity contribution >= 4 is 12.0 Å². The van der Waals surface area contributed by atoms with Crippen molar-refractivity contribution in [3.8, 4) is 6.07 Å². The Bertz CT molecular complexity index is 731. The third kappa shape index (κ3) is 4.30. The molecule has 0 unspecified atom stereocenters. The largest absolute Gasteiger partial charge is 0.459 e. The molecular weight excluding hydrogens is 360 g/mol. The van der Waals surface area contributed by atoms with Gasteiger partial charge in [0, 0.05) is 39.3 Å². The van der Waals surface area contributed by atoms with Crippen LogP contribution >= 0.6 is 0 Å². The van der Waals surface area contributed by atoms with Gasteiger partial charge < -0.3 is 19.0 Å². The number of ether oxygens (including phenoxy) is 1. The van der Waals surface area contributed by atoms with E-state index in [9.17, 15) is 14.9 Å². The van der Waals surface area contributed by atoms with Gasteiger partial charge in [-0.2, -0.15) is 5.26 Å². The number of likely N-dealkylation sites (tertiary alicyclic amines) is 1. The van der Waals surface area contributed by atoms with E-state index in [1.807, 2.05) is 20.8 Å². The first kappa shape index (κ1) is 20.2.